The van der Waals surface area contributed by atoms with Crippen molar-refractivity contribution >= 4 is 0 Å². The number of hydrogen-bond acceptors (Lipinski definition) is 2. The molecule has 0 saturated heterocycles. The smallest absolute Gasteiger partial charge is 0.115 e. The predicted octanol–water partition coefficient (Wildman–Crippen LogP) is 5.52. The number of aromatic hydroxyl groups is 2. The van der Waals surface area contributed by atoms with Crippen molar-refractivity contribution in [1.82, 2.24) is 0 Å². The fourth-order valence-corrected chi connectivity index (χ4v) is 11.0. The van der Waals surface area contributed by atoms with Crippen molar-refractivity contribution in [3.63, 3.8) is 0 Å². The fourth-order valence-electron chi connectivity index (χ4n) is 11.0. The van der Waals surface area contributed by atoms with Gasteiger partial charge in [-0.3, -0.25) is 0 Å². The van der Waals surface area contributed by atoms with Crippen molar-refractivity contribution in [2.75, 3.05) is 0 Å². The van der Waals surface area contributed by atoms with Crippen LogP contribution in [0.15, 0.2) is 48.5 Å². The SMILES string of the molecule is Oc1ccc(C23CC4C56CC7(c8ccc(O)cc8)CC([C@H]5C2)[C@H](C3)C4(C7)C6)cc1. The molecule has 0 amide bonds. The van der Waals surface area contributed by atoms with Gasteiger partial charge in [0.1, 0.15) is 11.5 Å². The molecule has 148 valence electrons. The maximum Gasteiger partial charge on any atom is 0.115 e. The minimum Gasteiger partial charge on any atom is -0.508 e. The normalized spacial score (nSPS) is 52.0. The predicted molar refractivity (Wildman–Crippen MR) is 111 cm³/mol. The van der Waals surface area contributed by atoms with E-state index in [0.29, 0.717) is 33.2 Å². The zero-order valence-electron chi connectivity index (χ0n) is 16.8. The minimum absolute atomic E-state index is 0.382. The third kappa shape index (κ3) is 1.50. The highest BCUT2D eigenvalue weighted by Gasteiger charge is 2.86. The van der Waals surface area contributed by atoms with E-state index in [4.69, 9.17) is 0 Å². The Morgan fingerprint density at radius 2 is 1.10 bits per heavy atom. The topological polar surface area (TPSA) is 40.5 Å². The highest BCUT2D eigenvalue weighted by molar-refractivity contribution is 5.46. The van der Waals surface area contributed by atoms with Gasteiger partial charge in [-0.15, -0.1) is 0 Å². The van der Waals surface area contributed by atoms with E-state index in [-0.39, 0.29) is 0 Å². The first-order valence-electron chi connectivity index (χ1n) is 11.6. The average Bonchev–Trinajstić information content (AvgIpc) is 2.72. The van der Waals surface area contributed by atoms with Crippen molar-refractivity contribution < 1.29 is 10.2 Å². The summed E-state index contributed by atoms with van der Waals surface area (Å²) in [6.07, 6.45) is 9.86. The van der Waals surface area contributed by atoms with Gasteiger partial charge in [-0.25, -0.2) is 0 Å². The van der Waals surface area contributed by atoms with Gasteiger partial charge in [-0.05, 0) is 126 Å². The van der Waals surface area contributed by atoms with Crippen LogP contribution in [-0.2, 0) is 10.8 Å². The second kappa shape index (κ2) is 4.38. The lowest BCUT2D eigenvalue weighted by Gasteiger charge is -2.91. The minimum atomic E-state index is 0.382. The Labute approximate surface area is 172 Å². The maximum atomic E-state index is 9.81. The molecule has 2 N–H and O–H groups in total. The molecule has 0 aromatic heterocycles. The van der Waals surface area contributed by atoms with Crippen LogP contribution in [0.1, 0.15) is 56.1 Å². The van der Waals surface area contributed by atoms with Gasteiger partial charge in [0.25, 0.3) is 0 Å². The summed E-state index contributed by atoms with van der Waals surface area (Å²) in [6, 6.07) is 16.5. The molecule has 9 fully saturated rings. The first-order chi connectivity index (χ1) is 14.0. The standard InChI is InChI=1S/C27H28O2/c28-18-5-1-16(2-6-18)24-10-21-20-9-25(17-3-7-19(29)8-4-17)13-26(21)15-27(14-25,22(20)11-24)23(26)12-24/h1-8,20-23,28-29H,9-15H2/t20?,21-,22+,23?,24?,25?,26?,27?. The molecular formula is C27H28O2. The van der Waals surface area contributed by atoms with Gasteiger partial charge >= 0.3 is 0 Å². The van der Waals surface area contributed by atoms with Gasteiger partial charge in [0.05, 0.1) is 0 Å². The first kappa shape index (κ1) is 15.8. The van der Waals surface area contributed by atoms with Crippen molar-refractivity contribution in [3.05, 3.63) is 59.7 Å². The molecule has 9 aliphatic rings. The van der Waals surface area contributed by atoms with Gasteiger partial charge in [-0.2, -0.15) is 0 Å². The molecule has 2 nitrogen and oxygen atoms in total. The molecule has 8 atom stereocenters. The van der Waals surface area contributed by atoms with Gasteiger partial charge in [0.15, 0.2) is 0 Å². The Hall–Kier alpha value is -1.96. The summed E-state index contributed by atoms with van der Waals surface area (Å²) < 4.78 is 0. The van der Waals surface area contributed by atoms with Crippen LogP contribution in [-0.4, -0.2) is 10.2 Å². The molecule has 9 saturated carbocycles. The van der Waals surface area contributed by atoms with Crippen LogP contribution in [0.4, 0.5) is 0 Å². The molecule has 8 bridgehead atoms. The van der Waals surface area contributed by atoms with Crippen molar-refractivity contribution in [3.8, 4) is 11.5 Å². The van der Waals surface area contributed by atoms with E-state index < -0.39 is 0 Å². The zero-order chi connectivity index (χ0) is 19.2. The summed E-state index contributed by atoms with van der Waals surface area (Å²) in [4.78, 5) is 0. The van der Waals surface area contributed by atoms with Gasteiger partial charge < -0.3 is 10.2 Å². The largest absolute Gasteiger partial charge is 0.508 e. The van der Waals surface area contributed by atoms with Crippen molar-refractivity contribution in [2.24, 2.45) is 34.5 Å². The number of benzene rings is 2. The Balaban J connectivity index is 1.24. The summed E-state index contributed by atoms with van der Waals surface area (Å²) in [6.45, 7) is 0. The molecule has 29 heavy (non-hydrogen) atoms. The molecule has 2 aromatic rings. The summed E-state index contributed by atoms with van der Waals surface area (Å²) in [5.41, 5.74) is 5.00. The van der Waals surface area contributed by atoms with E-state index >= 15 is 0 Å². The highest BCUT2D eigenvalue weighted by atomic mass is 16.3. The Bertz CT molecular complexity index is 1000. The molecule has 2 heteroatoms. The number of hydrogen-bond donors (Lipinski definition) is 2. The van der Waals surface area contributed by atoms with Crippen LogP contribution < -0.4 is 0 Å². The molecule has 6 unspecified atom stereocenters. The summed E-state index contributed by atoms with van der Waals surface area (Å²) in [5, 5.41) is 19.6. The maximum absolute atomic E-state index is 9.81. The van der Waals surface area contributed by atoms with Gasteiger partial charge in [0.2, 0.25) is 0 Å². The number of phenolic OH excluding ortho intramolecular Hbond substituents is 2. The molecule has 0 heterocycles. The van der Waals surface area contributed by atoms with Crippen LogP contribution in [0, 0.1) is 34.5 Å². The lowest BCUT2D eigenvalue weighted by molar-refractivity contribution is -0.398. The second-order valence-electron chi connectivity index (χ2n) is 11.9. The second-order valence-corrected chi connectivity index (χ2v) is 11.9. The van der Waals surface area contributed by atoms with Crippen LogP contribution in [0.3, 0.4) is 0 Å². The summed E-state index contributed by atoms with van der Waals surface area (Å²) >= 11 is 0. The number of rotatable bonds is 2. The third-order valence-electron chi connectivity index (χ3n) is 11.3. The van der Waals surface area contributed by atoms with E-state index in [9.17, 15) is 10.2 Å². The van der Waals surface area contributed by atoms with E-state index in [1.807, 2.05) is 24.3 Å². The third-order valence-corrected chi connectivity index (χ3v) is 11.3. The molecule has 9 aliphatic carbocycles. The molecular weight excluding hydrogens is 356 g/mol. The molecule has 2 spiro atoms. The van der Waals surface area contributed by atoms with E-state index in [1.54, 1.807) is 0 Å². The molecule has 0 aliphatic heterocycles. The van der Waals surface area contributed by atoms with Crippen molar-refractivity contribution in [1.29, 1.82) is 0 Å². The van der Waals surface area contributed by atoms with Crippen LogP contribution in [0.25, 0.3) is 0 Å². The lowest BCUT2D eigenvalue weighted by atomic mass is 9.13. The highest BCUT2D eigenvalue weighted by Crippen LogP contribution is 2.93. The quantitative estimate of drug-likeness (QED) is 0.715. The van der Waals surface area contributed by atoms with E-state index in [1.165, 1.54) is 56.1 Å². The zero-order valence-corrected chi connectivity index (χ0v) is 16.8. The van der Waals surface area contributed by atoms with E-state index in [2.05, 4.69) is 24.3 Å². The van der Waals surface area contributed by atoms with E-state index in [0.717, 1.165) is 23.7 Å². The molecule has 0 radical (unpaired) electrons. The number of phenols is 2. The Kier molecular flexibility index (Phi) is 2.39. The van der Waals surface area contributed by atoms with Crippen LogP contribution >= 0.6 is 0 Å². The fraction of sp³-hybridized carbons (Fsp3) is 0.556. The summed E-state index contributed by atoms with van der Waals surface area (Å²) in [5.74, 6) is 4.48. The Morgan fingerprint density at radius 1 is 0.586 bits per heavy atom. The molecule has 2 aromatic carbocycles. The van der Waals surface area contributed by atoms with Gasteiger partial charge in [0, 0.05) is 0 Å². The first-order valence-corrected chi connectivity index (χ1v) is 11.6. The average molecular weight is 385 g/mol. The van der Waals surface area contributed by atoms with Gasteiger partial charge in [-0.1, -0.05) is 24.3 Å². The van der Waals surface area contributed by atoms with Crippen LogP contribution in [0.2, 0.25) is 0 Å². The van der Waals surface area contributed by atoms with Crippen LogP contribution in [0.5, 0.6) is 11.5 Å². The Morgan fingerprint density at radius 3 is 1.66 bits per heavy atom. The lowest BCUT2D eigenvalue weighted by Crippen LogP contribution is -2.85. The molecule has 11 rings (SSSR count). The monoisotopic (exact) mass is 384 g/mol. The van der Waals surface area contributed by atoms with Crippen molar-refractivity contribution in [2.45, 2.75) is 55.8 Å². The summed E-state index contributed by atoms with van der Waals surface area (Å²) in [7, 11) is 0.